The van der Waals surface area contributed by atoms with Crippen LogP contribution < -0.4 is 15.2 Å². The molecule has 4 nitrogen and oxygen atoms in total. The van der Waals surface area contributed by atoms with E-state index in [0.717, 1.165) is 10.8 Å². The lowest BCUT2D eigenvalue weighted by atomic mass is 10.1. The third-order valence-corrected chi connectivity index (χ3v) is 2.31. The zero-order valence-corrected chi connectivity index (χ0v) is 8.65. The number of rotatable bonds is 2. The molecule has 0 amide bonds. The van der Waals surface area contributed by atoms with Crippen molar-refractivity contribution in [2.24, 2.45) is 0 Å². The minimum Gasteiger partial charge on any atom is -0.493 e. The summed E-state index contributed by atoms with van der Waals surface area (Å²) in [6.45, 7) is 0. The van der Waals surface area contributed by atoms with Crippen molar-refractivity contribution in [1.29, 1.82) is 0 Å². The van der Waals surface area contributed by atoms with Gasteiger partial charge in [-0.1, -0.05) is 0 Å². The molecular formula is C11H12N2O2. The van der Waals surface area contributed by atoms with Crippen molar-refractivity contribution in [3.05, 3.63) is 24.4 Å². The number of nitrogens with two attached hydrogens (primary N) is 1. The molecule has 0 unspecified atom stereocenters. The number of aromatic nitrogens is 1. The molecule has 1 aromatic heterocycles. The standard InChI is InChI=1S/C11H12N2O2/c1-14-9-4-3-8-7(10(9)15-2)5-6-13-11(8)12/h3-6H,1-2H3,(H2,12,13). The van der Waals surface area contributed by atoms with Crippen LogP contribution in [-0.2, 0) is 0 Å². The van der Waals surface area contributed by atoms with Gasteiger partial charge in [0.15, 0.2) is 11.5 Å². The van der Waals surface area contributed by atoms with Crippen molar-refractivity contribution >= 4 is 16.6 Å². The maximum Gasteiger partial charge on any atom is 0.168 e. The normalized spacial score (nSPS) is 10.3. The van der Waals surface area contributed by atoms with Crippen LogP contribution in [0, 0.1) is 0 Å². The highest BCUT2D eigenvalue weighted by molar-refractivity contribution is 5.96. The maximum absolute atomic E-state index is 5.76. The summed E-state index contributed by atoms with van der Waals surface area (Å²) in [7, 11) is 3.21. The van der Waals surface area contributed by atoms with E-state index in [1.54, 1.807) is 20.4 Å². The maximum atomic E-state index is 5.76. The van der Waals surface area contributed by atoms with E-state index in [1.165, 1.54) is 0 Å². The number of pyridine rings is 1. The van der Waals surface area contributed by atoms with Crippen LogP contribution in [0.5, 0.6) is 11.5 Å². The van der Waals surface area contributed by atoms with E-state index in [-0.39, 0.29) is 0 Å². The van der Waals surface area contributed by atoms with Crippen LogP contribution in [0.15, 0.2) is 24.4 Å². The van der Waals surface area contributed by atoms with E-state index in [9.17, 15) is 0 Å². The first-order chi connectivity index (χ1) is 7.27. The number of nitrogen functional groups attached to an aromatic ring is 1. The first-order valence-corrected chi connectivity index (χ1v) is 4.53. The van der Waals surface area contributed by atoms with Gasteiger partial charge in [-0.25, -0.2) is 4.98 Å². The molecule has 0 saturated carbocycles. The van der Waals surface area contributed by atoms with Crippen LogP contribution in [-0.4, -0.2) is 19.2 Å². The Balaban J connectivity index is 2.82. The van der Waals surface area contributed by atoms with Gasteiger partial charge in [0, 0.05) is 17.0 Å². The number of methoxy groups -OCH3 is 2. The Bertz CT molecular complexity index is 497. The molecule has 0 saturated heterocycles. The minimum absolute atomic E-state index is 0.494. The highest BCUT2D eigenvalue weighted by atomic mass is 16.5. The van der Waals surface area contributed by atoms with Crippen molar-refractivity contribution in [2.45, 2.75) is 0 Å². The molecule has 0 fully saturated rings. The van der Waals surface area contributed by atoms with Gasteiger partial charge in [0.05, 0.1) is 14.2 Å². The van der Waals surface area contributed by atoms with Crippen LogP contribution in [0.3, 0.4) is 0 Å². The molecule has 2 aromatic rings. The average molecular weight is 204 g/mol. The minimum atomic E-state index is 0.494. The van der Waals surface area contributed by atoms with Crippen molar-refractivity contribution in [1.82, 2.24) is 4.98 Å². The second-order valence-corrected chi connectivity index (χ2v) is 3.09. The van der Waals surface area contributed by atoms with Gasteiger partial charge in [-0.05, 0) is 18.2 Å². The summed E-state index contributed by atoms with van der Waals surface area (Å²) in [5.74, 6) is 1.87. The molecule has 0 atom stereocenters. The summed E-state index contributed by atoms with van der Waals surface area (Å²) in [4.78, 5) is 4.02. The van der Waals surface area contributed by atoms with Gasteiger partial charge < -0.3 is 15.2 Å². The largest absolute Gasteiger partial charge is 0.493 e. The van der Waals surface area contributed by atoms with E-state index >= 15 is 0 Å². The molecule has 0 aliphatic rings. The van der Waals surface area contributed by atoms with Crippen molar-refractivity contribution in [3.63, 3.8) is 0 Å². The third kappa shape index (κ3) is 1.44. The second kappa shape index (κ2) is 3.65. The number of ether oxygens (including phenoxy) is 2. The van der Waals surface area contributed by atoms with Crippen molar-refractivity contribution < 1.29 is 9.47 Å². The highest BCUT2D eigenvalue weighted by Crippen LogP contribution is 2.36. The van der Waals surface area contributed by atoms with Gasteiger partial charge in [-0.2, -0.15) is 0 Å². The quantitative estimate of drug-likeness (QED) is 0.810. The number of hydrogen-bond donors (Lipinski definition) is 1. The number of fused-ring (bicyclic) bond motifs is 1. The lowest BCUT2D eigenvalue weighted by Gasteiger charge is -2.10. The molecule has 0 bridgehead atoms. The van der Waals surface area contributed by atoms with Crippen molar-refractivity contribution in [3.8, 4) is 11.5 Å². The molecule has 0 aliphatic heterocycles. The van der Waals surface area contributed by atoms with Gasteiger partial charge in [0.25, 0.3) is 0 Å². The fourth-order valence-electron chi connectivity index (χ4n) is 1.60. The molecule has 0 radical (unpaired) electrons. The van der Waals surface area contributed by atoms with E-state index in [2.05, 4.69) is 4.98 Å². The topological polar surface area (TPSA) is 57.4 Å². The first-order valence-electron chi connectivity index (χ1n) is 4.53. The summed E-state index contributed by atoms with van der Waals surface area (Å²) in [6.07, 6.45) is 1.65. The molecule has 4 heteroatoms. The van der Waals surface area contributed by atoms with Crippen LogP contribution in [0.25, 0.3) is 10.8 Å². The van der Waals surface area contributed by atoms with E-state index in [4.69, 9.17) is 15.2 Å². The Morgan fingerprint density at radius 1 is 1.07 bits per heavy atom. The first kappa shape index (κ1) is 9.58. The molecule has 1 aromatic carbocycles. The zero-order valence-electron chi connectivity index (χ0n) is 8.65. The SMILES string of the molecule is COc1ccc2c(N)nccc2c1OC. The summed E-state index contributed by atoms with van der Waals surface area (Å²) in [5, 5.41) is 1.78. The van der Waals surface area contributed by atoms with Gasteiger partial charge in [0.1, 0.15) is 5.82 Å². The average Bonchev–Trinajstić information content (AvgIpc) is 2.28. The number of nitrogens with zero attached hydrogens (tertiary/aromatic N) is 1. The monoisotopic (exact) mass is 204 g/mol. The predicted octanol–water partition coefficient (Wildman–Crippen LogP) is 1.83. The van der Waals surface area contributed by atoms with Crippen LogP contribution in [0.2, 0.25) is 0 Å². The third-order valence-electron chi connectivity index (χ3n) is 2.31. The Morgan fingerprint density at radius 2 is 1.87 bits per heavy atom. The lowest BCUT2D eigenvalue weighted by molar-refractivity contribution is 0.358. The second-order valence-electron chi connectivity index (χ2n) is 3.09. The van der Waals surface area contributed by atoms with Gasteiger partial charge in [-0.15, -0.1) is 0 Å². The number of benzene rings is 1. The fourth-order valence-corrected chi connectivity index (χ4v) is 1.60. The number of hydrogen-bond acceptors (Lipinski definition) is 4. The van der Waals surface area contributed by atoms with E-state index in [0.29, 0.717) is 17.3 Å². The smallest absolute Gasteiger partial charge is 0.168 e. The van der Waals surface area contributed by atoms with Crippen molar-refractivity contribution in [2.75, 3.05) is 20.0 Å². The molecule has 0 spiro atoms. The lowest BCUT2D eigenvalue weighted by Crippen LogP contribution is -1.95. The molecule has 2 N–H and O–H groups in total. The molecule has 0 aliphatic carbocycles. The van der Waals surface area contributed by atoms with Gasteiger partial charge in [-0.3, -0.25) is 0 Å². The summed E-state index contributed by atoms with van der Waals surface area (Å²) < 4.78 is 10.5. The Labute approximate surface area is 87.6 Å². The molecule has 1 heterocycles. The Hall–Kier alpha value is -1.97. The Morgan fingerprint density at radius 3 is 2.53 bits per heavy atom. The Kier molecular flexibility index (Phi) is 2.33. The molecule has 78 valence electrons. The molecule has 15 heavy (non-hydrogen) atoms. The fraction of sp³-hybridized carbons (Fsp3) is 0.182. The predicted molar refractivity (Wildman–Crippen MR) is 59.3 cm³/mol. The van der Waals surface area contributed by atoms with Crippen LogP contribution in [0.4, 0.5) is 5.82 Å². The van der Waals surface area contributed by atoms with Gasteiger partial charge >= 0.3 is 0 Å². The highest BCUT2D eigenvalue weighted by Gasteiger charge is 2.09. The van der Waals surface area contributed by atoms with Crippen LogP contribution >= 0.6 is 0 Å². The summed E-state index contributed by atoms with van der Waals surface area (Å²) >= 11 is 0. The van der Waals surface area contributed by atoms with E-state index < -0.39 is 0 Å². The van der Waals surface area contributed by atoms with Gasteiger partial charge in [0.2, 0.25) is 0 Å². The molecular weight excluding hydrogens is 192 g/mol. The van der Waals surface area contributed by atoms with E-state index in [1.807, 2.05) is 18.2 Å². The van der Waals surface area contributed by atoms with Crippen LogP contribution in [0.1, 0.15) is 0 Å². The summed E-state index contributed by atoms with van der Waals surface area (Å²) in [5.41, 5.74) is 5.76. The number of anilines is 1. The zero-order chi connectivity index (χ0) is 10.8. The summed E-state index contributed by atoms with van der Waals surface area (Å²) in [6, 6.07) is 5.55. The molecule has 2 rings (SSSR count).